The van der Waals surface area contributed by atoms with Crippen LogP contribution in [0.1, 0.15) is 11.7 Å². The summed E-state index contributed by atoms with van der Waals surface area (Å²) in [5.74, 6) is 1.84. The minimum Gasteiger partial charge on any atom is -0.374 e. The summed E-state index contributed by atoms with van der Waals surface area (Å²) in [6.45, 7) is 1.75. The Morgan fingerprint density at radius 1 is 1.50 bits per heavy atom. The van der Waals surface area contributed by atoms with Gasteiger partial charge in [0.15, 0.2) is 10.2 Å². The molecule has 0 radical (unpaired) electrons. The average Bonchev–Trinajstić information content (AvgIpc) is 2.72. The van der Waals surface area contributed by atoms with Gasteiger partial charge in [-0.05, 0) is 0 Å². The summed E-state index contributed by atoms with van der Waals surface area (Å²) in [6, 6.07) is 0. The summed E-state index contributed by atoms with van der Waals surface area (Å²) < 4.78 is 5.64. The van der Waals surface area contributed by atoms with Crippen LogP contribution in [0.3, 0.4) is 0 Å². The summed E-state index contributed by atoms with van der Waals surface area (Å²) in [5.41, 5.74) is 5.43. The lowest BCUT2D eigenvalue weighted by Crippen LogP contribution is -1.83. The molecule has 0 saturated carbocycles. The Bertz CT molecular complexity index is 385. The lowest BCUT2D eigenvalue weighted by molar-refractivity contribution is 0.389. The van der Waals surface area contributed by atoms with E-state index >= 15 is 0 Å². The molecular weight excluding hydrogens is 222 g/mol. The molecule has 2 heterocycles. The topological polar surface area (TPSA) is 90.7 Å². The fourth-order valence-electron chi connectivity index (χ4n) is 0.805. The largest absolute Gasteiger partial charge is 0.374 e. The molecule has 2 aromatic heterocycles. The van der Waals surface area contributed by atoms with E-state index in [-0.39, 0.29) is 0 Å². The maximum absolute atomic E-state index is 5.43. The molecular formula is C6H7N5OS2. The van der Waals surface area contributed by atoms with Crippen LogP contribution < -0.4 is 5.73 Å². The highest BCUT2D eigenvalue weighted by Crippen LogP contribution is 2.25. The van der Waals surface area contributed by atoms with Crippen molar-refractivity contribution in [3.63, 3.8) is 0 Å². The molecule has 2 rings (SSSR count). The van der Waals surface area contributed by atoms with E-state index in [1.165, 1.54) is 23.1 Å². The third-order valence-corrected chi connectivity index (χ3v) is 3.20. The molecule has 2 N–H and O–H groups in total. The van der Waals surface area contributed by atoms with Crippen LogP contribution in [0.15, 0.2) is 8.86 Å². The lowest BCUT2D eigenvalue weighted by atomic mass is 10.7. The highest BCUT2D eigenvalue weighted by molar-refractivity contribution is 8.00. The van der Waals surface area contributed by atoms with Gasteiger partial charge >= 0.3 is 0 Å². The zero-order valence-electron chi connectivity index (χ0n) is 7.30. The maximum atomic E-state index is 5.43. The fourth-order valence-corrected chi connectivity index (χ4v) is 2.28. The van der Waals surface area contributed by atoms with E-state index in [0.717, 1.165) is 4.34 Å². The van der Waals surface area contributed by atoms with Gasteiger partial charge in [-0.3, -0.25) is 0 Å². The molecule has 0 amide bonds. The normalized spacial score (nSPS) is 10.6. The maximum Gasteiger partial charge on any atom is 0.223 e. The monoisotopic (exact) mass is 229 g/mol. The molecule has 8 heteroatoms. The van der Waals surface area contributed by atoms with Crippen molar-refractivity contribution in [2.24, 2.45) is 0 Å². The first kappa shape index (κ1) is 9.41. The molecule has 0 bridgehead atoms. The number of hydrogen-bond acceptors (Lipinski definition) is 8. The number of nitrogens with two attached hydrogens (primary N) is 1. The van der Waals surface area contributed by atoms with Crippen molar-refractivity contribution in [1.82, 2.24) is 20.3 Å². The molecule has 0 spiro atoms. The van der Waals surface area contributed by atoms with Gasteiger partial charge in [0.05, 0.1) is 5.75 Å². The molecule has 0 fully saturated rings. The highest BCUT2D eigenvalue weighted by atomic mass is 32.2. The molecule has 0 atom stereocenters. The van der Waals surface area contributed by atoms with Gasteiger partial charge < -0.3 is 10.3 Å². The van der Waals surface area contributed by atoms with Crippen LogP contribution in [0, 0.1) is 6.92 Å². The Kier molecular flexibility index (Phi) is 2.64. The third-order valence-electron chi connectivity index (χ3n) is 1.32. The Morgan fingerprint density at radius 3 is 2.93 bits per heavy atom. The number of aryl methyl sites for hydroxylation is 1. The van der Waals surface area contributed by atoms with Crippen LogP contribution in [0.2, 0.25) is 0 Å². The van der Waals surface area contributed by atoms with Crippen molar-refractivity contribution in [1.29, 1.82) is 0 Å². The van der Waals surface area contributed by atoms with Gasteiger partial charge in [-0.15, -0.1) is 10.2 Å². The number of aromatic nitrogens is 4. The van der Waals surface area contributed by atoms with Crippen molar-refractivity contribution in [2.75, 3.05) is 5.73 Å². The van der Waals surface area contributed by atoms with Crippen LogP contribution in [0.4, 0.5) is 5.13 Å². The highest BCUT2D eigenvalue weighted by Gasteiger charge is 2.06. The summed E-state index contributed by atoms with van der Waals surface area (Å²) in [4.78, 5) is 4.06. The molecule has 0 aliphatic heterocycles. The summed E-state index contributed by atoms with van der Waals surface area (Å²) in [6.07, 6.45) is 0. The number of thioether (sulfide) groups is 1. The number of rotatable bonds is 3. The van der Waals surface area contributed by atoms with Crippen molar-refractivity contribution in [2.45, 2.75) is 17.0 Å². The quantitative estimate of drug-likeness (QED) is 0.788. The number of anilines is 1. The SMILES string of the molecule is Cc1nc(CSc2nnc(N)s2)no1. The smallest absolute Gasteiger partial charge is 0.223 e. The number of nitrogen functional groups attached to an aromatic ring is 1. The van der Waals surface area contributed by atoms with Crippen LogP contribution in [0.5, 0.6) is 0 Å². The molecule has 74 valence electrons. The minimum atomic E-state index is 0.469. The zero-order chi connectivity index (χ0) is 9.97. The van der Waals surface area contributed by atoms with Gasteiger partial charge in [0.25, 0.3) is 0 Å². The van der Waals surface area contributed by atoms with Gasteiger partial charge in [0.2, 0.25) is 11.0 Å². The van der Waals surface area contributed by atoms with Gasteiger partial charge in [-0.2, -0.15) is 4.98 Å². The van der Waals surface area contributed by atoms with Crippen LogP contribution in [-0.4, -0.2) is 20.3 Å². The van der Waals surface area contributed by atoms with E-state index < -0.39 is 0 Å². The number of nitrogens with zero attached hydrogens (tertiary/aromatic N) is 4. The second-order valence-corrected chi connectivity index (χ2v) is 4.66. The van der Waals surface area contributed by atoms with Crippen LogP contribution in [0.25, 0.3) is 0 Å². The molecule has 6 nitrogen and oxygen atoms in total. The van der Waals surface area contributed by atoms with Gasteiger partial charge in [0.1, 0.15) is 0 Å². The zero-order valence-corrected chi connectivity index (χ0v) is 8.93. The van der Waals surface area contributed by atoms with Crippen LogP contribution >= 0.6 is 23.1 Å². The summed E-state index contributed by atoms with van der Waals surface area (Å²) >= 11 is 2.83. The van der Waals surface area contributed by atoms with E-state index in [1.807, 2.05) is 0 Å². The first-order chi connectivity index (χ1) is 6.74. The van der Waals surface area contributed by atoms with Crippen LogP contribution in [-0.2, 0) is 5.75 Å². The van der Waals surface area contributed by atoms with E-state index in [1.54, 1.807) is 6.92 Å². The Labute approximate surface area is 87.9 Å². The lowest BCUT2D eigenvalue weighted by Gasteiger charge is -1.88. The van der Waals surface area contributed by atoms with Gasteiger partial charge in [-0.1, -0.05) is 28.3 Å². The average molecular weight is 229 g/mol. The molecule has 0 aliphatic carbocycles. The van der Waals surface area contributed by atoms with Crippen molar-refractivity contribution in [3.8, 4) is 0 Å². The Morgan fingerprint density at radius 2 is 2.36 bits per heavy atom. The number of hydrogen-bond donors (Lipinski definition) is 1. The third kappa shape index (κ3) is 2.20. The van der Waals surface area contributed by atoms with E-state index in [4.69, 9.17) is 10.3 Å². The minimum absolute atomic E-state index is 0.469. The molecule has 0 aliphatic rings. The fraction of sp³-hybridized carbons (Fsp3) is 0.333. The standard InChI is InChI=1S/C6H7N5OS2/c1-3-8-4(11-12-3)2-13-6-10-9-5(7)14-6/h2H2,1H3,(H2,7,9). The molecule has 0 unspecified atom stereocenters. The first-order valence-corrected chi connectivity index (χ1v) is 5.55. The molecule has 0 saturated heterocycles. The van der Waals surface area contributed by atoms with Gasteiger partial charge in [-0.25, -0.2) is 0 Å². The van der Waals surface area contributed by atoms with Crippen molar-refractivity contribution in [3.05, 3.63) is 11.7 Å². The predicted octanol–water partition coefficient (Wildman–Crippen LogP) is 1.10. The van der Waals surface area contributed by atoms with E-state index in [0.29, 0.717) is 22.6 Å². The van der Waals surface area contributed by atoms with Crippen molar-refractivity contribution >= 4 is 28.2 Å². The van der Waals surface area contributed by atoms with E-state index in [9.17, 15) is 0 Å². The Hall–Kier alpha value is -1.15. The summed E-state index contributed by atoms with van der Waals surface area (Å²) in [5, 5.41) is 11.8. The van der Waals surface area contributed by atoms with Gasteiger partial charge in [0, 0.05) is 6.92 Å². The van der Waals surface area contributed by atoms with E-state index in [2.05, 4.69) is 20.3 Å². The second-order valence-electron chi connectivity index (χ2n) is 2.42. The van der Waals surface area contributed by atoms with Crippen molar-refractivity contribution < 1.29 is 4.52 Å². The molecule has 2 aromatic rings. The predicted molar refractivity (Wildman–Crippen MR) is 52.9 cm³/mol. The molecule has 14 heavy (non-hydrogen) atoms. The molecule has 0 aromatic carbocycles. The Balaban J connectivity index is 1.94. The summed E-state index contributed by atoms with van der Waals surface area (Å²) in [7, 11) is 0. The first-order valence-electron chi connectivity index (χ1n) is 3.75. The second kappa shape index (κ2) is 3.93.